The highest BCUT2D eigenvalue weighted by molar-refractivity contribution is 8.06. The fraction of sp³-hybridized carbons (Fsp3) is 0.250. The van der Waals surface area contributed by atoms with Gasteiger partial charge in [0.25, 0.3) is 0 Å². The SMILES string of the molecule is CC1=CC(=CC=C2C=C(C)SC(C)=C2)C=C(C)S1. The van der Waals surface area contributed by atoms with E-state index in [4.69, 9.17) is 0 Å². The van der Waals surface area contributed by atoms with Crippen molar-refractivity contribution in [3.8, 4) is 0 Å². The van der Waals surface area contributed by atoms with Gasteiger partial charge in [-0.2, -0.15) is 0 Å². The molecule has 2 heterocycles. The van der Waals surface area contributed by atoms with Gasteiger partial charge in [0.1, 0.15) is 0 Å². The molecule has 0 radical (unpaired) electrons. The highest BCUT2D eigenvalue weighted by Crippen LogP contribution is 2.33. The highest BCUT2D eigenvalue weighted by atomic mass is 32.2. The molecule has 0 fully saturated rings. The van der Waals surface area contributed by atoms with Gasteiger partial charge in [0, 0.05) is 0 Å². The zero-order valence-corrected chi connectivity index (χ0v) is 12.9. The summed E-state index contributed by atoms with van der Waals surface area (Å²) in [4.78, 5) is 5.43. The summed E-state index contributed by atoms with van der Waals surface area (Å²) in [6.45, 7) is 8.64. The predicted molar refractivity (Wildman–Crippen MR) is 86.4 cm³/mol. The maximum Gasteiger partial charge on any atom is -0.0131 e. The van der Waals surface area contributed by atoms with E-state index in [0.717, 1.165) is 0 Å². The molecule has 2 aliphatic heterocycles. The largest absolute Gasteiger partial charge is 0.0996 e. The molecular weight excluding hydrogens is 256 g/mol. The van der Waals surface area contributed by atoms with Gasteiger partial charge in [-0.3, -0.25) is 0 Å². The van der Waals surface area contributed by atoms with Crippen molar-refractivity contribution in [3.63, 3.8) is 0 Å². The van der Waals surface area contributed by atoms with Crippen LogP contribution >= 0.6 is 23.5 Å². The van der Waals surface area contributed by atoms with Crippen LogP contribution in [0.1, 0.15) is 27.7 Å². The average Bonchev–Trinajstić information content (AvgIpc) is 2.23. The van der Waals surface area contributed by atoms with Crippen LogP contribution in [0.4, 0.5) is 0 Å². The summed E-state index contributed by atoms with van der Waals surface area (Å²) >= 11 is 3.68. The van der Waals surface area contributed by atoms with Gasteiger partial charge in [0.05, 0.1) is 0 Å². The van der Waals surface area contributed by atoms with Crippen LogP contribution in [0.5, 0.6) is 0 Å². The van der Waals surface area contributed by atoms with Gasteiger partial charge in [-0.15, -0.1) is 0 Å². The fourth-order valence-electron chi connectivity index (χ4n) is 2.03. The van der Waals surface area contributed by atoms with Gasteiger partial charge in [0.2, 0.25) is 0 Å². The van der Waals surface area contributed by atoms with Crippen molar-refractivity contribution >= 4 is 23.5 Å². The summed E-state index contributed by atoms with van der Waals surface area (Å²) in [7, 11) is 0. The molecule has 0 nitrogen and oxygen atoms in total. The standard InChI is InChI=1S/C16H18S2/c1-11-7-15(8-12(2)17-11)5-6-16-9-13(3)18-14(4)10-16/h5-10H,1-4H3. The first kappa shape index (κ1) is 13.6. The molecule has 0 spiro atoms. The molecule has 0 aliphatic carbocycles. The molecule has 18 heavy (non-hydrogen) atoms. The number of thioether (sulfide) groups is 2. The van der Waals surface area contributed by atoms with Crippen molar-refractivity contribution in [3.05, 3.63) is 67.2 Å². The Bertz CT molecular complexity index is 447. The molecular formula is C16H18S2. The van der Waals surface area contributed by atoms with Gasteiger partial charge < -0.3 is 0 Å². The van der Waals surface area contributed by atoms with Crippen LogP contribution in [0.25, 0.3) is 0 Å². The van der Waals surface area contributed by atoms with E-state index in [1.807, 2.05) is 23.5 Å². The maximum atomic E-state index is 2.24. The molecule has 0 saturated carbocycles. The molecule has 0 aromatic rings. The van der Waals surface area contributed by atoms with Crippen molar-refractivity contribution in [1.29, 1.82) is 0 Å². The molecule has 2 heteroatoms. The second kappa shape index (κ2) is 5.85. The lowest BCUT2D eigenvalue weighted by Crippen LogP contribution is -1.86. The van der Waals surface area contributed by atoms with E-state index in [-0.39, 0.29) is 0 Å². The van der Waals surface area contributed by atoms with Crippen molar-refractivity contribution in [1.82, 2.24) is 0 Å². The van der Waals surface area contributed by atoms with E-state index in [0.29, 0.717) is 0 Å². The van der Waals surface area contributed by atoms with Gasteiger partial charge in [-0.05, 0) is 82.8 Å². The molecule has 0 saturated heterocycles. The first-order valence-electron chi connectivity index (χ1n) is 6.04. The Balaban J connectivity index is 2.24. The Hall–Kier alpha value is -0.860. The fourth-order valence-corrected chi connectivity index (χ4v) is 3.83. The van der Waals surface area contributed by atoms with E-state index in [1.165, 1.54) is 30.8 Å². The quantitative estimate of drug-likeness (QED) is 0.579. The summed E-state index contributed by atoms with van der Waals surface area (Å²) in [6, 6.07) is 0. The van der Waals surface area contributed by atoms with Crippen LogP contribution in [0.2, 0.25) is 0 Å². The predicted octanol–water partition coefficient (Wildman–Crippen LogP) is 5.95. The summed E-state index contributed by atoms with van der Waals surface area (Å²) < 4.78 is 0. The second-order valence-electron chi connectivity index (χ2n) is 4.56. The molecule has 2 aliphatic rings. The Morgan fingerprint density at radius 1 is 0.611 bits per heavy atom. The van der Waals surface area contributed by atoms with E-state index < -0.39 is 0 Å². The first-order chi connectivity index (χ1) is 8.52. The van der Waals surface area contributed by atoms with Gasteiger partial charge in [-0.1, -0.05) is 35.7 Å². The zero-order valence-electron chi connectivity index (χ0n) is 11.3. The number of hydrogen-bond donors (Lipinski definition) is 0. The molecule has 0 N–H and O–H groups in total. The number of hydrogen-bond acceptors (Lipinski definition) is 2. The van der Waals surface area contributed by atoms with Crippen molar-refractivity contribution in [2.75, 3.05) is 0 Å². The highest BCUT2D eigenvalue weighted by Gasteiger charge is 2.04. The smallest absolute Gasteiger partial charge is 0.0131 e. The molecule has 2 rings (SSSR count). The van der Waals surface area contributed by atoms with Crippen LogP contribution in [0, 0.1) is 0 Å². The zero-order chi connectivity index (χ0) is 13.1. The Morgan fingerprint density at radius 2 is 0.889 bits per heavy atom. The average molecular weight is 274 g/mol. The van der Waals surface area contributed by atoms with Gasteiger partial charge in [-0.25, -0.2) is 0 Å². The summed E-state index contributed by atoms with van der Waals surface area (Å²) in [5.74, 6) is 0. The van der Waals surface area contributed by atoms with E-state index in [1.54, 1.807) is 0 Å². The minimum absolute atomic E-state index is 1.28. The third-order valence-corrected chi connectivity index (χ3v) is 4.35. The van der Waals surface area contributed by atoms with Crippen molar-refractivity contribution in [2.24, 2.45) is 0 Å². The van der Waals surface area contributed by atoms with Crippen LogP contribution in [-0.4, -0.2) is 0 Å². The summed E-state index contributed by atoms with van der Waals surface area (Å²) in [5.41, 5.74) is 2.57. The minimum atomic E-state index is 1.28. The van der Waals surface area contributed by atoms with Crippen LogP contribution in [0.15, 0.2) is 67.2 Å². The first-order valence-corrected chi connectivity index (χ1v) is 7.67. The van der Waals surface area contributed by atoms with E-state index in [9.17, 15) is 0 Å². The molecule has 0 aromatic heterocycles. The molecule has 0 unspecified atom stereocenters. The Morgan fingerprint density at radius 3 is 1.17 bits per heavy atom. The van der Waals surface area contributed by atoms with Gasteiger partial charge >= 0.3 is 0 Å². The molecule has 0 aromatic carbocycles. The lowest BCUT2D eigenvalue weighted by Gasteiger charge is -2.10. The molecule has 0 bridgehead atoms. The molecule has 0 atom stereocenters. The third-order valence-electron chi connectivity index (χ3n) is 2.59. The van der Waals surface area contributed by atoms with E-state index in [2.05, 4.69) is 64.2 Å². The monoisotopic (exact) mass is 274 g/mol. The Labute approximate surface area is 118 Å². The van der Waals surface area contributed by atoms with Crippen molar-refractivity contribution in [2.45, 2.75) is 27.7 Å². The van der Waals surface area contributed by atoms with Crippen LogP contribution < -0.4 is 0 Å². The maximum absolute atomic E-state index is 2.24. The lowest BCUT2D eigenvalue weighted by molar-refractivity contribution is 1.49. The molecule has 0 amide bonds. The summed E-state index contributed by atoms with van der Waals surface area (Å²) in [5, 5.41) is 0. The van der Waals surface area contributed by atoms with Crippen LogP contribution in [0.3, 0.4) is 0 Å². The minimum Gasteiger partial charge on any atom is -0.0996 e. The number of rotatable bonds is 1. The van der Waals surface area contributed by atoms with Crippen molar-refractivity contribution < 1.29 is 0 Å². The second-order valence-corrected chi connectivity index (χ2v) is 7.54. The lowest BCUT2D eigenvalue weighted by atomic mass is 10.1. The number of allylic oxidation sites excluding steroid dienone is 12. The Kier molecular flexibility index (Phi) is 4.41. The third kappa shape index (κ3) is 3.82. The summed E-state index contributed by atoms with van der Waals surface area (Å²) in [6.07, 6.45) is 13.3. The van der Waals surface area contributed by atoms with Gasteiger partial charge in [0.15, 0.2) is 0 Å². The normalized spacial score (nSPS) is 19.8. The molecule has 94 valence electrons. The topological polar surface area (TPSA) is 0 Å². The van der Waals surface area contributed by atoms with E-state index >= 15 is 0 Å². The van der Waals surface area contributed by atoms with Crippen LogP contribution in [-0.2, 0) is 0 Å².